The van der Waals surface area contributed by atoms with Crippen molar-refractivity contribution >= 4 is 12.6 Å². The number of nitrogens with zero attached hydrogens (tertiary/aromatic N) is 1. The molecule has 2 rings (SSSR count). The molecular formula is C14H22BFN2O2. The molecule has 0 bridgehead atoms. The van der Waals surface area contributed by atoms with Crippen LogP contribution in [0, 0.1) is 5.82 Å². The highest BCUT2D eigenvalue weighted by atomic mass is 19.1. The molecule has 1 saturated heterocycles. The summed E-state index contributed by atoms with van der Waals surface area (Å²) in [6.07, 6.45) is 1.93. The molecule has 0 aliphatic carbocycles. The maximum Gasteiger partial charge on any atom is 0.499 e. The van der Waals surface area contributed by atoms with Crippen LogP contribution < -0.4 is 11.2 Å². The normalized spacial score (nSPS) is 22.1. The third kappa shape index (κ3) is 2.73. The lowest BCUT2D eigenvalue weighted by molar-refractivity contribution is 0.00578. The van der Waals surface area contributed by atoms with E-state index in [1.807, 2.05) is 34.6 Å². The average Bonchev–Trinajstić information content (AvgIpc) is 2.46. The number of nitrogens with two attached hydrogens (primary N) is 1. The van der Waals surface area contributed by atoms with Crippen LogP contribution in [0.4, 0.5) is 4.39 Å². The van der Waals surface area contributed by atoms with Gasteiger partial charge in [0.25, 0.3) is 0 Å². The Balaban J connectivity index is 2.39. The SMILES string of the molecule is CC(N)Cc1nccc(F)c1B1OC(C)(C)C(C)(C)O1. The minimum Gasteiger partial charge on any atom is -0.399 e. The summed E-state index contributed by atoms with van der Waals surface area (Å²) in [5, 5.41) is 0. The van der Waals surface area contributed by atoms with Crippen LogP contribution in [0.2, 0.25) is 0 Å². The summed E-state index contributed by atoms with van der Waals surface area (Å²) in [4.78, 5) is 4.24. The van der Waals surface area contributed by atoms with Crippen LogP contribution in [0.1, 0.15) is 40.3 Å². The second-order valence-electron chi connectivity index (χ2n) is 6.42. The summed E-state index contributed by atoms with van der Waals surface area (Å²) in [6, 6.07) is 1.22. The molecule has 1 aliphatic rings. The highest BCUT2D eigenvalue weighted by molar-refractivity contribution is 6.62. The zero-order chi connectivity index (χ0) is 15.1. The Morgan fingerprint density at radius 2 is 1.85 bits per heavy atom. The van der Waals surface area contributed by atoms with Gasteiger partial charge >= 0.3 is 7.12 Å². The molecule has 4 nitrogen and oxygen atoms in total. The molecule has 20 heavy (non-hydrogen) atoms. The van der Waals surface area contributed by atoms with E-state index in [0.717, 1.165) is 0 Å². The minimum atomic E-state index is -0.748. The highest BCUT2D eigenvalue weighted by Crippen LogP contribution is 2.36. The lowest BCUT2D eigenvalue weighted by Crippen LogP contribution is -2.41. The van der Waals surface area contributed by atoms with Gasteiger partial charge in [0.1, 0.15) is 5.82 Å². The van der Waals surface area contributed by atoms with Crippen LogP contribution in [0.3, 0.4) is 0 Å². The van der Waals surface area contributed by atoms with Gasteiger partial charge in [-0.3, -0.25) is 4.98 Å². The molecule has 110 valence electrons. The van der Waals surface area contributed by atoms with Gasteiger partial charge in [-0.05, 0) is 40.7 Å². The zero-order valence-corrected chi connectivity index (χ0v) is 12.7. The Hall–Kier alpha value is -0.975. The first-order valence-electron chi connectivity index (χ1n) is 6.88. The Labute approximate surface area is 120 Å². The lowest BCUT2D eigenvalue weighted by Gasteiger charge is -2.32. The van der Waals surface area contributed by atoms with Crippen molar-refractivity contribution in [1.82, 2.24) is 4.98 Å². The first-order chi connectivity index (χ1) is 9.14. The second kappa shape index (κ2) is 5.09. The largest absolute Gasteiger partial charge is 0.499 e. The molecule has 2 heterocycles. The first kappa shape index (κ1) is 15.4. The molecule has 0 saturated carbocycles. The molecule has 0 aromatic carbocycles. The van der Waals surface area contributed by atoms with E-state index in [0.29, 0.717) is 17.6 Å². The molecule has 1 unspecified atom stereocenters. The van der Waals surface area contributed by atoms with Gasteiger partial charge in [-0.2, -0.15) is 0 Å². The van der Waals surface area contributed by atoms with E-state index in [1.54, 1.807) is 0 Å². The standard InChI is InChI=1S/C14H22BFN2O2/c1-9(17)8-11-12(10(16)6-7-18-11)15-19-13(2,3)14(4,5)20-15/h6-7,9H,8,17H2,1-5H3. The number of rotatable bonds is 3. The van der Waals surface area contributed by atoms with Gasteiger partial charge in [0, 0.05) is 29.8 Å². The van der Waals surface area contributed by atoms with Gasteiger partial charge in [-0.1, -0.05) is 0 Å². The number of pyridine rings is 1. The fraction of sp³-hybridized carbons (Fsp3) is 0.643. The van der Waals surface area contributed by atoms with Gasteiger partial charge in [0.15, 0.2) is 0 Å². The van der Waals surface area contributed by atoms with Crippen LogP contribution in [0.15, 0.2) is 12.3 Å². The molecule has 1 aromatic heterocycles. The van der Waals surface area contributed by atoms with E-state index >= 15 is 0 Å². The van der Waals surface area contributed by atoms with Gasteiger partial charge in [0.2, 0.25) is 0 Å². The number of aromatic nitrogens is 1. The Bertz CT molecular complexity index is 490. The molecule has 1 fully saturated rings. The van der Waals surface area contributed by atoms with Crippen molar-refractivity contribution in [2.75, 3.05) is 0 Å². The summed E-state index contributed by atoms with van der Waals surface area (Å²) in [5.41, 5.74) is 5.75. The fourth-order valence-corrected chi connectivity index (χ4v) is 2.17. The van der Waals surface area contributed by atoms with Crippen molar-refractivity contribution < 1.29 is 13.7 Å². The smallest absolute Gasteiger partial charge is 0.399 e. The average molecular weight is 280 g/mol. The van der Waals surface area contributed by atoms with Gasteiger partial charge in [-0.15, -0.1) is 0 Å². The Kier molecular flexibility index (Phi) is 3.93. The van der Waals surface area contributed by atoms with E-state index in [2.05, 4.69) is 4.98 Å². The number of hydrogen-bond acceptors (Lipinski definition) is 4. The number of hydrogen-bond donors (Lipinski definition) is 1. The lowest BCUT2D eigenvalue weighted by atomic mass is 9.76. The molecule has 0 radical (unpaired) electrons. The van der Waals surface area contributed by atoms with Crippen LogP contribution in [-0.4, -0.2) is 29.3 Å². The van der Waals surface area contributed by atoms with E-state index in [-0.39, 0.29) is 11.9 Å². The molecule has 1 aromatic rings. The van der Waals surface area contributed by atoms with Crippen molar-refractivity contribution in [2.45, 2.75) is 58.3 Å². The number of halogens is 1. The first-order valence-corrected chi connectivity index (χ1v) is 6.88. The molecule has 2 N–H and O–H groups in total. The van der Waals surface area contributed by atoms with Crippen molar-refractivity contribution in [3.8, 4) is 0 Å². The van der Waals surface area contributed by atoms with Crippen molar-refractivity contribution in [3.05, 3.63) is 23.8 Å². The van der Waals surface area contributed by atoms with Crippen molar-refractivity contribution in [3.63, 3.8) is 0 Å². The minimum absolute atomic E-state index is 0.106. The summed E-state index contributed by atoms with van der Waals surface area (Å²) in [7, 11) is -0.748. The second-order valence-corrected chi connectivity index (χ2v) is 6.42. The maximum absolute atomic E-state index is 14.2. The van der Waals surface area contributed by atoms with E-state index < -0.39 is 18.3 Å². The van der Waals surface area contributed by atoms with Gasteiger partial charge < -0.3 is 15.0 Å². The summed E-state index contributed by atoms with van der Waals surface area (Å²) < 4.78 is 26.0. The van der Waals surface area contributed by atoms with Gasteiger partial charge in [0.05, 0.1) is 11.2 Å². The summed E-state index contributed by atoms with van der Waals surface area (Å²) in [6.45, 7) is 9.61. The quantitative estimate of drug-likeness (QED) is 0.850. The maximum atomic E-state index is 14.2. The molecule has 0 spiro atoms. The zero-order valence-electron chi connectivity index (χ0n) is 12.7. The van der Waals surface area contributed by atoms with Crippen LogP contribution in [-0.2, 0) is 15.7 Å². The highest BCUT2D eigenvalue weighted by Gasteiger charge is 2.53. The van der Waals surface area contributed by atoms with E-state index in [9.17, 15) is 4.39 Å². The summed E-state index contributed by atoms with van der Waals surface area (Å²) in [5.74, 6) is -0.367. The summed E-state index contributed by atoms with van der Waals surface area (Å²) >= 11 is 0. The van der Waals surface area contributed by atoms with Crippen molar-refractivity contribution in [2.24, 2.45) is 5.73 Å². The predicted molar refractivity (Wildman–Crippen MR) is 77.3 cm³/mol. The molecule has 6 heteroatoms. The topological polar surface area (TPSA) is 57.4 Å². The predicted octanol–water partition coefficient (Wildman–Crippen LogP) is 1.41. The molecule has 1 aliphatic heterocycles. The third-order valence-electron chi connectivity index (χ3n) is 4.02. The molecule has 0 amide bonds. The van der Waals surface area contributed by atoms with Crippen LogP contribution in [0.25, 0.3) is 0 Å². The Morgan fingerprint density at radius 1 is 1.30 bits per heavy atom. The van der Waals surface area contributed by atoms with Gasteiger partial charge in [-0.25, -0.2) is 4.39 Å². The molecule has 1 atom stereocenters. The van der Waals surface area contributed by atoms with E-state index in [4.69, 9.17) is 15.0 Å². The molecular weight excluding hydrogens is 258 g/mol. The van der Waals surface area contributed by atoms with Crippen LogP contribution >= 0.6 is 0 Å². The fourth-order valence-electron chi connectivity index (χ4n) is 2.17. The van der Waals surface area contributed by atoms with Crippen LogP contribution in [0.5, 0.6) is 0 Å². The Morgan fingerprint density at radius 3 is 2.35 bits per heavy atom. The van der Waals surface area contributed by atoms with Crippen molar-refractivity contribution in [1.29, 1.82) is 0 Å². The third-order valence-corrected chi connectivity index (χ3v) is 4.02. The van der Waals surface area contributed by atoms with E-state index in [1.165, 1.54) is 12.3 Å². The monoisotopic (exact) mass is 280 g/mol.